The molecule has 0 unspecified atom stereocenters. The fourth-order valence-electron chi connectivity index (χ4n) is 2.55. The molecular formula is C13H18BrNO. The molecule has 1 saturated carbocycles. The Hall–Kier alpha value is -0.540. The van der Waals surface area contributed by atoms with Crippen LogP contribution in [0.1, 0.15) is 43.7 Å². The molecule has 1 aliphatic carbocycles. The zero-order valence-electron chi connectivity index (χ0n) is 9.32. The van der Waals surface area contributed by atoms with Crippen molar-refractivity contribution in [2.75, 3.05) is 0 Å². The highest BCUT2D eigenvalue weighted by atomic mass is 79.9. The summed E-state index contributed by atoms with van der Waals surface area (Å²) in [6.07, 6.45) is 6.24. The summed E-state index contributed by atoms with van der Waals surface area (Å²) in [6, 6.07) is 5.67. The molecule has 0 bridgehead atoms. The van der Waals surface area contributed by atoms with Crippen molar-refractivity contribution in [3.05, 3.63) is 28.2 Å². The number of aromatic hydroxyl groups is 1. The van der Waals surface area contributed by atoms with Gasteiger partial charge in [0.25, 0.3) is 0 Å². The van der Waals surface area contributed by atoms with E-state index >= 15 is 0 Å². The van der Waals surface area contributed by atoms with Crippen LogP contribution in [-0.2, 0) is 0 Å². The SMILES string of the molecule is N[C@H](c1cccc(Br)c1O)C1CCCCC1. The predicted molar refractivity (Wildman–Crippen MR) is 69.3 cm³/mol. The van der Waals surface area contributed by atoms with Crippen LogP contribution in [0, 0.1) is 5.92 Å². The lowest BCUT2D eigenvalue weighted by atomic mass is 9.81. The van der Waals surface area contributed by atoms with Gasteiger partial charge in [0, 0.05) is 11.6 Å². The average Bonchev–Trinajstić information content (AvgIpc) is 2.33. The summed E-state index contributed by atoms with van der Waals surface area (Å²) in [4.78, 5) is 0. The third-order valence-corrected chi connectivity index (χ3v) is 4.17. The molecule has 0 aromatic heterocycles. The Balaban J connectivity index is 2.19. The molecule has 0 radical (unpaired) electrons. The van der Waals surface area contributed by atoms with E-state index in [1.54, 1.807) is 0 Å². The molecule has 3 heteroatoms. The highest BCUT2D eigenvalue weighted by Gasteiger charge is 2.24. The number of halogens is 1. The van der Waals surface area contributed by atoms with E-state index in [1.807, 2.05) is 18.2 Å². The summed E-state index contributed by atoms with van der Waals surface area (Å²) in [5.41, 5.74) is 7.13. The van der Waals surface area contributed by atoms with Crippen LogP contribution < -0.4 is 5.73 Å². The Bertz CT molecular complexity index is 361. The Morgan fingerprint density at radius 2 is 1.94 bits per heavy atom. The summed E-state index contributed by atoms with van der Waals surface area (Å²) in [6.45, 7) is 0. The molecule has 1 fully saturated rings. The van der Waals surface area contributed by atoms with Gasteiger partial charge in [0.2, 0.25) is 0 Å². The Kier molecular flexibility index (Phi) is 3.87. The van der Waals surface area contributed by atoms with E-state index in [-0.39, 0.29) is 6.04 Å². The molecule has 1 aromatic carbocycles. The number of rotatable bonds is 2. The van der Waals surface area contributed by atoms with E-state index < -0.39 is 0 Å². The molecule has 1 atom stereocenters. The Morgan fingerprint density at radius 3 is 2.62 bits per heavy atom. The number of para-hydroxylation sites is 1. The molecule has 0 amide bonds. The topological polar surface area (TPSA) is 46.2 Å². The lowest BCUT2D eigenvalue weighted by molar-refractivity contribution is 0.303. The lowest BCUT2D eigenvalue weighted by Gasteiger charge is -2.28. The summed E-state index contributed by atoms with van der Waals surface area (Å²) in [5.74, 6) is 0.828. The molecule has 0 heterocycles. The molecule has 88 valence electrons. The van der Waals surface area contributed by atoms with Gasteiger partial charge in [-0.1, -0.05) is 31.4 Å². The maximum atomic E-state index is 9.97. The van der Waals surface area contributed by atoms with Crippen molar-refractivity contribution in [2.24, 2.45) is 11.7 Å². The first kappa shape index (κ1) is 11.9. The molecule has 2 rings (SSSR count). The quantitative estimate of drug-likeness (QED) is 0.869. The van der Waals surface area contributed by atoms with Gasteiger partial charge in [-0.05, 0) is 40.8 Å². The van der Waals surface area contributed by atoms with E-state index in [0.717, 1.165) is 10.0 Å². The second-order valence-electron chi connectivity index (χ2n) is 4.60. The number of benzene rings is 1. The van der Waals surface area contributed by atoms with Gasteiger partial charge in [-0.2, -0.15) is 0 Å². The summed E-state index contributed by atoms with van der Waals surface area (Å²) < 4.78 is 0.733. The van der Waals surface area contributed by atoms with E-state index in [2.05, 4.69) is 15.9 Å². The average molecular weight is 284 g/mol. The van der Waals surface area contributed by atoms with Gasteiger partial charge in [0.15, 0.2) is 0 Å². The van der Waals surface area contributed by atoms with E-state index in [4.69, 9.17) is 5.73 Å². The van der Waals surface area contributed by atoms with Crippen molar-refractivity contribution >= 4 is 15.9 Å². The number of phenols is 1. The lowest BCUT2D eigenvalue weighted by Crippen LogP contribution is -2.23. The fourth-order valence-corrected chi connectivity index (χ4v) is 2.93. The zero-order valence-corrected chi connectivity index (χ0v) is 10.9. The van der Waals surface area contributed by atoms with Gasteiger partial charge in [0.1, 0.15) is 5.75 Å². The van der Waals surface area contributed by atoms with Crippen LogP contribution in [0.5, 0.6) is 5.75 Å². The summed E-state index contributed by atoms with van der Waals surface area (Å²) >= 11 is 3.33. The zero-order chi connectivity index (χ0) is 11.5. The largest absolute Gasteiger partial charge is 0.506 e. The number of hydrogen-bond acceptors (Lipinski definition) is 2. The minimum Gasteiger partial charge on any atom is -0.506 e. The highest BCUT2D eigenvalue weighted by molar-refractivity contribution is 9.10. The fraction of sp³-hybridized carbons (Fsp3) is 0.538. The van der Waals surface area contributed by atoms with Crippen molar-refractivity contribution in [3.63, 3.8) is 0 Å². The van der Waals surface area contributed by atoms with Gasteiger partial charge in [-0.15, -0.1) is 0 Å². The van der Waals surface area contributed by atoms with Crippen LogP contribution in [0.2, 0.25) is 0 Å². The number of phenolic OH excluding ortho intramolecular Hbond substituents is 1. The molecule has 0 spiro atoms. The van der Waals surface area contributed by atoms with Crippen molar-refractivity contribution in [1.29, 1.82) is 0 Å². The van der Waals surface area contributed by atoms with Crippen LogP contribution in [0.15, 0.2) is 22.7 Å². The summed E-state index contributed by atoms with van der Waals surface area (Å²) in [5, 5.41) is 9.97. The van der Waals surface area contributed by atoms with Crippen LogP contribution in [0.25, 0.3) is 0 Å². The van der Waals surface area contributed by atoms with E-state index in [1.165, 1.54) is 32.1 Å². The second kappa shape index (κ2) is 5.19. The molecule has 1 aromatic rings. The van der Waals surface area contributed by atoms with Gasteiger partial charge >= 0.3 is 0 Å². The van der Waals surface area contributed by atoms with Crippen molar-refractivity contribution in [1.82, 2.24) is 0 Å². The van der Waals surface area contributed by atoms with Crippen LogP contribution in [0.4, 0.5) is 0 Å². The van der Waals surface area contributed by atoms with E-state index in [0.29, 0.717) is 11.7 Å². The minimum absolute atomic E-state index is 0.0298. The molecular weight excluding hydrogens is 266 g/mol. The molecule has 0 saturated heterocycles. The second-order valence-corrected chi connectivity index (χ2v) is 5.46. The van der Waals surface area contributed by atoms with Gasteiger partial charge < -0.3 is 10.8 Å². The normalized spacial score (nSPS) is 19.6. The van der Waals surface area contributed by atoms with E-state index in [9.17, 15) is 5.11 Å². The van der Waals surface area contributed by atoms with Crippen LogP contribution in [0.3, 0.4) is 0 Å². The monoisotopic (exact) mass is 283 g/mol. The van der Waals surface area contributed by atoms with Crippen molar-refractivity contribution in [2.45, 2.75) is 38.1 Å². The molecule has 1 aliphatic rings. The van der Waals surface area contributed by atoms with Gasteiger partial charge in [0.05, 0.1) is 4.47 Å². The molecule has 3 N–H and O–H groups in total. The third-order valence-electron chi connectivity index (χ3n) is 3.53. The molecule has 0 aliphatic heterocycles. The molecule has 2 nitrogen and oxygen atoms in total. The third kappa shape index (κ3) is 2.41. The van der Waals surface area contributed by atoms with Crippen molar-refractivity contribution in [3.8, 4) is 5.75 Å². The first-order chi connectivity index (χ1) is 7.70. The Labute approximate surface area is 105 Å². The van der Waals surface area contributed by atoms with Gasteiger partial charge in [-0.3, -0.25) is 0 Å². The first-order valence-electron chi connectivity index (χ1n) is 5.93. The first-order valence-corrected chi connectivity index (χ1v) is 6.72. The van der Waals surface area contributed by atoms with Crippen molar-refractivity contribution < 1.29 is 5.11 Å². The maximum Gasteiger partial charge on any atom is 0.134 e. The minimum atomic E-state index is -0.0298. The predicted octanol–water partition coefficient (Wildman–Crippen LogP) is 3.73. The summed E-state index contributed by atoms with van der Waals surface area (Å²) in [7, 11) is 0. The number of nitrogens with two attached hydrogens (primary N) is 1. The van der Waals surface area contributed by atoms with Crippen LogP contribution in [-0.4, -0.2) is 5.11 Å². The highest BCUT2D eigenvalue weighted by Crippen LogP contribution is 2.38. The van der Waals surface area contributed by atoms with Crippen LogP contribution >= 0.6 is 15.9 Å². The smallest absolute Gasteiger partial charge is 0.134 e. The standard InChI is InChI=1S/C13H18BrNO/c14-11-8-4-7-10(13(11)16)12(15)9-5-2-1-3-6-9/h4,7-9,12,16H,1-3,5-6,15H2/t12-/m0/s1. The number of hydrogen-bond donors (Lipinski definition) is 2. The maximum absolute atomic E-state index is 9.97. The molecule has 16 heavy (non-hydrogen) atoms. The Morgan fingerprint density at radius 1 is 1.25 bits per heavy atom. The van der Waals surface area contributed by atoms with Gasteiger partial charge in [-0.25, -0.2) is 0 Å².